The zero-order chi connectivity index (χ0) is 11.4. The third-order valence-electron chi connectivity index (χ3n) is 1.91. The molecule has 84 valence electrons. The topological polar surface area (TPSA) is 49.7 Å². The van der Waals surface area contributed by atoms with Crippen molar-refractivity contribution in [1.82, 2.24) is 0 Å². The standard InChI is InChI=1S/C11H15FO3/c1-7(13)6-15-11-5-9(12)3-4-10(11)8(2)14/h3-5,7-8,13-14H,6H2,1-2H3/t7?,8-/m0/s1. The molecule has 1 aromatic carbocycles. The lowest BCUT2D eigenvalue weighted by Gasteiger charge is -2.14. The molecule has 0 bridgehead atoms. The van der Waals surface area contributed by atoms with Crippen LogP contribution >= 0.6 is 0 Å². The van der Waals surface area contributed by atoms with Gasteiger partial charge in [-0.25, -0.2) is 4.39 Å². The molecule has 1 rings (SSSR count). The Morgan fingerprint density at radius 1 is 1.33 bits per heavy atom. The van der Waals surface area contributed by atoms with Crippen LogP contribution in [0.4, 0.5) is 4.39 Å². The lowest BCUT2D eigenvalue weighted by molar-refractivity contribution is 0.118. The van der Waals surface area contributed by atoms with Crippen LogP contribution in [0.15, 0.2) is 18.2 Å². The van der Waals surface area contributed by atoms with E-state index >= 15 is 0 Å². The van der Waals surface area contributed by atoms with Gasteiger partial charge in [-0.2, -0.15) is 0 Å². The summed E-state index contributed by atoms with van der Waals surface area (Å²) in [5.41, 5.74) is 0.511. The van der Waals surface area contributed by atoms with Crippen molar-refractivity contribution in [2.45, 2.75) is 26.1 Å². The maximum atomic E-state index is 12.9. The Kier molecular flexibility index (Phi) is 4.05. The summed E-state index contributed by atoms with van der Waals surface area (Å²) < 4.78 is 18.1. The van der Waals surface area contributed by atoms with Gasteiger partial charge in [0.05, 0.1) is 12.2 Å². The summed E-state index contributed by atoms with van der Waals surface area (Å²) in [5, 5.41) is 18.4. The Labute approximate surface area is 88.1 Å². The third-order valence-corrected chi connectivity index (χ3v) is 1.91. The summed E-state index contributed by atoms with van der Waals surface area (Å²) in [7, 11) is 0. The average molecular weight is 214 g/mol. The fraction of sp³-hybridized carbons (Fsp3) is 0.455. The predicted octanol–water partition coefficient (Wildman–Crippen LogP) is 1.64. The van der Waals surface area contributed by atoms with Gasteiger partial charge in [0.25, 0.3) is 0 Å². The van der Waals surface area contributed by atoms with Crippen LogP contribution in [-0.4, -0.2) is 22.9 Å². The first-order chi connectivity index (χ1) is 7.00. The van der Waals surface area contributed by atoms with Gasteiger partial charge in [0, 0.05) is 11.6 Å². The monoisotopic (exact) mass is 214 g/mol. The summed E-state index contributed by atoms with van der Waals surface area (Å²) in [5.74, 6) is -0.161. The van der Waals surface area contributed by atoms with E-state index in [0.29, 0.717) is 5.56 Å². The van der Waals surface area contributed by atoms with Crippen molar-refractivity contribution in [2.24, 2.45) is 0 Å². The number of aliphatic hydroxyl groups is 2. The summed E-state index contributed by atoms with van der Waals surface area (Å²) in [4.78, 5) is 0. The van der Waals surface area contributed by atoms with Crippen LogP contribution in [0.1, 0.15) is 25.5 Å². The highest BCUT2D eigenvalue weighted by Gasteiger charge is 2.10. The van der Waals surface area contributed by atoms with E-state index in [4.69, 9.17) is 9.84 Å². The Hall–Kier alpha value is -1.13. The average Bonchev–Trinajstić information content (AvgIpc) is 2.14. The fourth-order valence-corrected chi connectivity index (χ4v) is 1.19. The molecule has 0 radical (unpaired) electrons. The van der Waals surface area contributed by atoms with Gasteiger partial charge in [-0.15, -0.1) is 0 Å². The van der Waals surface area contributed by atoms with Crippen LogP contribution in [0.2, 0.25) is 0 Å². The van der Waals surface area contributed by atoms with Crippen LogP contribution in [0, 0.1) is 5.82 Å². The smallest absolute Gasteiger partial charge is 0.128 e. The molecule has 4 heteroatoms. The minimum atomic E-state index is -0.727. The molecule has 0 aliphatic rings. The quantitative estimate of drug-likeness (QED) is 0.801. The Morgan fingerprint density at radius 3 is 2.53 bits per heavy atom. The maximum absolute atomic E-state index is 12.9. The normalized spacial score (nSPS) is 14.7. The molecule has 15 heavy (non-hydrogen) atoms. The van der Waals surface area contributed by atoms with Gasteiger partial charge in [0.2, 0.25) is 0 Å². The van der Waals surface area contributed by atoms with E-state index in [1.165, 1.54) is 18.2 Å². The molecule has 1 aromatic rings. The van der Waals surface area contributed by atoms with Gasteiger partial charge in [0.15, 0.2) is 0 Å². The van der Waals surface area contributed by atoms with Gasteiger partial charge in [0.1, 0.15) is 18.2 Å². The molecule has 0 saturated carbocycles. The third kappa shape index (κ3) is 3.49. The van der Waals surface area contributed by atoms with Crippen molar-refractivity contribution in [3.63, 3.8) is 0 Å². The molecule has 0 amide bonds. The van der Waals surface area contributed by atoms with Crippen LogP contribution in [0.25, 0.3) is 0 Å². The minimum Gasteiger partial charge on any atom is -0.490 e. The van der Waals surface area contributed by atoms with Crippen molar-refractivity contribution in [3.05, 3.63) is 29.6 Å². The molecule has 0 spiro atoms. The molecule has 1 unspecified atom stereocenters. The molecule has 2 atom stereocenters. The molecule has 0 aliphatic heterocycles. The van der Waals surface area contributed by atoms with E-state index < -0.39 is 18.0 Å². The van der Waals surface area contributed by atoms with Gasteiger partial charge in [-0.05, 0) is 26.0 Å². The number of rotatable bonds is 4. The second-order valence-electron chi connectivity index (χ2n) is 3.52. The van der Waals surface area contributed by atoms with E-state index in [0.717, 1.165) is 0 Å². The molecule has 2 N–H and O–H groups in total. The zero-order valence-electron chi connectivity index (χ0n) is 8.77. The summed E-state index contributed by atoms with van der Waals surface area (Å²) in [6.07, 6.45) is -1.36. The molecular formula is C11H15FO3. The lowest BCUT2D eigenvalue weighted by Crippen LogP contribution is -2.14. The van der Waals surface area contributed by atoms with Crippen molar-refractivity contribution in [1.29, 1.82) is 0 Å². The highest BCUT2D eigenvalue weighted by Crippen LogP contribution is 2.25. The first-order valence-electron chi connectivity index (χ1n) is 4.79. The van der Waals surface area contributed by atoms with E-state index in [9.17, 15) is 9.50 Å². The van der Waals surface area contributed by atoms with Crippen molar-refractivity contribution < 1.29 is 19.3 Å². The van der Waals surface area contributed by atoms with E-state index in [1.807, 2.05) is 0 Å². The van der Waals surface area contributed by atoms with Gasteiger partial charge >= 0.3 is 0 Å². The number of hydrogen-bond donors (Lipinski definition) is 2. The van der Waals surface area contributed by atoms with Crippen molar-refractivity contribution >= 4 is 0 Å². The van der Waals surface area contributed by atoms with Crippen LogP contribution in [0.5, 0.6) is 5.75 Å². The SMILES string of the molecule is CC(O)COc1cc(F)ccc1[C@H](C)O. The molecule has 3 nitrogen and oxygen atoms in total. The van der Waals surface area contributed by atoms with Crippen LogP contribution in [-0.2, 0) is 0 Å². The largest absolute Gasteiger partial charge is 0.490 e. The van der Waals surface area contributed by atoms with Crippen molar-refractivity contribution in [2.75, 3.05) is 6.61 Å². The predicted molar refractivity (Wildman–Crippen MR) is 54.2 cm³/mol. The fourth-order valence-electron chi connectivity index (χ4n) is 1.19. The molecule has 0 saturated heterocycles. The number of halogens is 1. The highest BCUT2D eigenvalue weighted by atomic mass is 19.1. The summed E-state index contributed by atoms with van der Waals surface area (Å²) >= 11 is 0. The van der Waals surface area contributed by atoms with E-state index in [2.05, 4.69) is 0 Å². The Morgan fingerprint density at radius 2 is 2.00 bits per heavy atom. The highest BCUT2D eigenvalue weighted by molar-refractivity contribution is 5.35. The summed E-state index contributed by atoms with van der Waals surface area (Å²) in [6.45, 7) is 3.22. The second-order valence-corrected chi connectivity index (χ2v) is 3.52. The molecule has 0 aliphatic carbocycles. The Bertz CT molecular complexity index is 324. The second kappa shape index (κ2) is 5.09. The zero-order valence-corrected chi connectivity index (χ0v) is 8.77. The van der Waals surface area contributed by atoms with Crippen LogP contribution < -0.4 is 4.74 Å². The molecule has 0 heterocycles. The van der Waals surface area contributed by atoms with Gasteiger partial charge in [-0.3, -0.25) is 0 Å². The number of hydrogen-bond acceptors (Lipinski definition) is 3. The minimum absolute atomic E-state index is 0.0726. The first kappa shape index (κ1) is 11.9. The van der Waals surface area contributed by atoms with Crippen molar-refractivity contribution in [3.8, 4) is 5.75 Å². The number of benzene rings is 1. The summed E-state index contributed by atoms with van der Waals surface area (Å²) in [6, 6.07) is 3.93. The lowest BCUT2D eigenvalue weighted by atomic mass is 10.1. The van der Waals surface area contributed by atoms with Gasteiger partial charge < -0.3 is 14.9 Å². The van der Waals surface area contributed by atoms with Crippen LogP contribution in [0.3, 0.4) is 0 Å². The molecule has 0 aromatic heterocycles. The molecule has 0 fully saturated rings. The van der Waals surface area contributed by atoms with E-state index in [1.54, 1.807) is 13.8 Å². The van der Waals surface area contributed by atoms with Gasteiger partial charge in [-0.1, -0.05) is 0 Å². The van der Waals surface area contributed by atoms with E-state index in [-0.39, 0.29) is 12.4 Å². The molecular weight excluding hydrogens is 199 g/mol. The number of aliphatic hydroxyl groups excluding tert-OH is 2. The maximum Gasteiger partial charge on any atom is 0.128 e. The Balaban J connectivity index is 2.87. The first-order valence-corrected chi connectivity index (χ1v) is 4.79. The number of ether oxygens (including phenoxy) is 1.